The van der Waals surface area contributed by atoms with Gasteiger partial charge >= 0.3 is 0 Å². The third-order valence-corrected chi connectivity index (χ3v) is 3.08. The average molecular weight is 225 g/mol. The normalized spacial score (nSPS) is 13.0. The second-order valence-electron chi connectivity index (χ2n) is 4.61. The highest BCUT2D eigenvalue weighted by Gasteiger charge is 2.12. The number of rotatable bonds is 7. The molecule has 3 nitrogen and oxygen atoms in total. The van der Waals surface area contributed by atoms with Gasteiger partial charge in [-0.15, -0.1) is 0 Å². The summed E-state index contributed by atoms with van der Waals surface area (Å²) in [6, 6.07) is 0. The highest BCUT2D eigenvalue weighted by Crippen LogP contribution is 2.19. The van der Waals surface area contributed by atoms with Gasteiger partial charge in [0, 0.05) is 25.7 Å². The topological polar surface area (TPSA) is 35.3 Å². The van der Waals surface area contributed by atoms with Crippen LogP contribution in [0.4, 0.5) is 0 Å². The fraction of sp³-hybridized carbons (Fsp3) is 0.769. The van der Waals surface area contributed by atoms with E-state index < -0.39 is 0 Å². The first-order chi connectivity index (χ1) is 7.65. The molecule has 1 unspecified atom stereocenters. The van der Waals surface area contributed by atoms with E-state index in [9.17, 15) is 0 Å². The van der Waals surface area contributed by atoms with Crippen molar-refractivity contribution in [2.24, 2.45) is 5.92 Å². The summed E-state index contributed by atoms with van der Waals surface area (Å²) in [7, 11) is 1.75. The van der Waals surface area contributed by atoms with Crippen LogP contribution >= 0.6 is 0 Å². The van der Waals surface area contributed by atoms with Crippen LogP contribution in [-0.4, -0.2) is 18.9 Å². The van der Waals surface area contributed by atoms with E-state index in [4.69, 9.17) is 9.26 Å². The molecular formula is C13H23NO2. The van der Waals surface area contributed by atoms with Gasteiger partial charge < -0.3 is 9.26 Å². The minimum Gasteiger partial charge on any atom is -0.385 e. The number of hydrogen-bond acceptors (Lipinski definition) is 3. The van der Waals surface area contributed by atoms with Gasteiger partial charge in [-0.25, -0.2) is 0 Å². The lowest BCUT2D eigenvalue weighted by Gasteiger charge is -2.09. The molecule has 0 aromatic carbocycles. The molecule has 0 bridgehead atoms. The smallest absolute Gasteiger partial charge is 0.140 e. The Morgan fingerprint density at radius 2 is 2.06 bits per heavy atom. The van der Waals surface area contributed by atoms with Crippen LogP contribution in [0.2, 0.25) is 0 Å². The number of nitrogens with zero attached hydrogens (tertiary/aromatic N) is 1. The predicted molar refractivity (Wildman–Crippen MR) is 64.6 cm³/mol. The van der Waals surface area contributed by atoms with Crippen LogP contribution < -0.4 is 0 Å². The molecule has 92 valence electrons. The molecule has 0 spiro atoms. The lowest BCUT2D eigenvalue weighted by atomic mass is 9.97. The van der Waals surface area contributed by atoms with E-state index in [0.717, 1.165) is 30.9 Å². The lowest BCUT2D eigenvalue weighted by molar-refractivity contribution is 0.190. The first-order valence-corrected chi connectivity index (χ1v) is 6.05. The van der Waals surface area contributed by atoms with Crippen molar-refractivity contribution < 1.29 is 9.26 Å². The van der Waals surface area contributed by atoms with Crippen LogP contribution in [0, 0.1) is 19.8 Å². The summed E-state index contributed by atoms with van der Waals surface area (Å²) < 4.78 is 10.4. The zero-order valence-corrected chi connectivity index (χ0v) is 10.9. The van der Waals surface area contributed by atoms with Crippen molar-refractivity contribution >= 4 is 0 Å². The maximum atomic E-state index is 5.32. The second-order valence-corrected chi connectivity index (χ2v) is 4.61. The van der Waals surface area contributed by atoms with Gasteiger partial charge in [-0.3, -0.25) is 0 Å². The molecule has 0 N–H and O–H groups in total. The Kier molecular flexibility index (Phi) is 5.53. The van der Waals surface area contributed by atoms with Crippen molar-refractivity contribution in [1.82, 2.24) is 5.16 Å². The highest BCUT2D eigenvalue weighted by molar-refractivity contribution is 5.19. The number of aryl methyl sites for hydroxylation is 1. The molecule has 1 aromatic heterocycles. The summed E-state index contributed by atoms with van der Waals surface area (Å²) in [6.07, 6.45) is 4.60. The molecule has 3 heteroatoms. The van der Waals surface area contributed by atoms with E-state index in [1.54, 1.807) is 7.11 Å². The van der Waals surface area contributed by atoms with E-state index in [2.05, 4.69) is 19.0 Å². The molecule has 1 atom stereocenters. The van der Waals surface area contributed by atoms with Crippen molar-refractivity contribution in [3.05, 3.63) is 17.0 Å². The van der Waals surface area contributed by atoms with Crippen molar-refractivity contribution in [2.45, 2.75) is 46.5 Å². The van der Waals surface area contributed by atoms with Crippen molar-refractivity contribution in [1.29, 1.82) is 0 Å². The molecular weight excluding hydrogens is 202 g/mol. The summed E-state index contributed by atoms with van der Waals surface area (Å²) in [4.78, 5) is 0. The van der Waals surface area contributed by atoms with Gasteiger partial charge in [0.25, 0.3) is 0 Å². The van der Waals surface area contributed by atoms with Crippen LogP contribution in [0.5, 0.6) is 0 Å². The second kappa shape index (κ2) is 6.69. The maximum absolute atomic E-state index is 5.32. The standard InChI is InChI=1S/C13H23NO2/c1-10(7-5-6-8-15-4)9-13-11(2)12(3)14-16-13/h10H,5-9H2,1-4H3. The molecule has 0 radical (unpaired) electrons. The molecule has 0 fully saturated rings. The van der Waals surface area contributed by atoms with Crippen LogP contribution in [0.25, 0.3) is 0 Å². The Labute approximate surface area is 98.2 Å². The SMILES string of the molecule is COCCCCC(C)Cc1onc(C)c1C. The Morgan fingerprint density at radius 3 is 2.62 bits per heavy atom. The number of ether oxygens (including phenoxy) is 1. The number of hydrogen-bond donors (Lipinski definition) is 0. The largest absolute Gasteiger partial charge is 0.385 e. The first kappa shape index (κ1) is 13.2. The molecule has 0 amide bonds. The molecule has 0 aliphatic rings. The summed E-state index contributed by atoms with van der Waals surface area (Å²) in [6.45, 7) is 7.21. The first-order valence-electron chi connectivity index (χ1n) is 6.05. The monoisotopic (exact) mass is 225 g/mol. The van der Waals surface area contributed by atoms with Gasteiger partial charge in [-0.1, -0.05) is 24.9 Å². The summed E-state index contributed by atoms with van der Waals surface area (Å²) in [5.74, 6) is 1.71. The molecule has 0 saturated carbocycles. The van der Waals surface area contributed by atoms with E-state index in [1.807, 2.05) is 6.92 Å². The Balaban J connectivity index is 2.28. The zero-order valence-electron chi connectivity index (χ0n) is 10.9. The molecule has 1 rings (SSSR count). The Morgan fingerprint density at radius 1 is 1.31 bits per heavy atom. The molecule has 1 aromatic rings. The van der Waals surface area contributed by atoms with E-state index >= 15 is 0 Å². The molecule has 0 aliphatic carbocycles. The van der Waals surface area contributed by atoms with Gasteiger partial charge in [-0.2, -0.15) is 0 Å². The van der Waals surface area contributed by atoms with E-state index in [-0.39, 0.29) is 0 Å². The van der Waals surface area contributed by atoms with Crippen molar-refractivity contribution in [2.75, 3.05) is 13.7 Å². The highest BCUT2D eigenvalue weighted by atomic mass is 16.5. The average Bonchev–Trinajstić information content (AvgIpc) is 2.56. The van der Waals surface area contributed by atoms with Crippen LogP contribution in [-0.2, 0) is 11.2 Å². The van der Waals surface area contributed by atoms with Crippen molar-refractivity contribution in [3.63, 3.8) is 0 Å². The van der Waals surface area contributed by atoms with Gasteiger partial charge in [0.1, 0.15) is 5.76 Å². The Hall–Kier alpha value is -0.830. The van der Waals surface area contributed by atoms with Gasteiger partial charge in [0.2, 0.25) is 0 Å². The zero-order chi connectivity index (χ0) is 12.0. The van der Waals surface area contributed by atoms with Gasteiger partial charge in [0.15, 0.2) is 0 Å². The number of aromatic nitrogens is 1. The third kappa shape index (κ3) is 3.97. The van der Waals surface area contributed by atoms with Crippen LogP contribution in [0.1, 0.15) is 43.2 Å². The fourth-order valence-electron chi connectivity index (χ4n) is 1.81. The number of unbranched alkanes of at least 4 members (excludes halogenated alkanes) is 1. The van der Waals surface area contributed by atoms with E-state index in [0.29, 0.717) is 5.92 Å². The fourth-order valence-corrected chi connectivity index (χ4v) is 1.81. The lowest BCUT2D eigenvalue weighted by Crippen LogP contribution is -2.01. The van der Waals surface area contributed by atoms with Gasteiger partial charge in [-0.05, 0) is 26.2 Å². The predicted octanol–water partition coefficient (Wildman–Crippen LogP) is 3.29. The summed E-state index contributed by atoms with van der Waals surface area (Å²) in [5, 5.41) is 3.98. The van der Waals surface area contributed by atoms with Crippen molar-refractivity contribution in [3.8, 4) is 0 Å². The van der Waals surface area contributed by atoms with Crippen LogP contribution in [0.3, 0.4) is 0 Å². The summed E-state index contributed by atoms with van der Waals surface area (Å²) in [5.41, 5.74) is 2.23. The Bertz CT molecular complexity index is 307. The summed E-state index contributed by atoms with van der Waals surface area (Å²) >= 11 is 0. The van der Waals surface area contributed by atoms with Crippen LogP contribution in [0.15, 0.2) is 4.52 Å². The quantitative estimate of drug-likeness (QED) is 0.668. The van der Waals surface area contributed by atoms with Gasteiger partial charge in [0.05, 0.1) is 5.69 Å². The van der Waals surface area contributed by atoms with E-state index in [1.165, 1.54) is 18.4 Å². The third-order valence-electron chi connectivity index (χ3n) is 3.08. The molecule has 0 saturated heterocycles. The minimum absolute atomic E-state index is 0.655. The molecule has 1 heterocycles. The molecule has 0 aliphatic heterocycles. The maximum Gasteiger partial charge on any atom is 0.140 e. The molecule has 16 heavy (non-hydrogen) atoms. The number of methoxy groups -OCH3 is 1. The minimum atomic E-state index is 0.655.